The van der Waals surface area contributed by atoms with E-state index in [1.54, 1.807) is 19.2 Å². The van der Waals surface area contributed by atoms with E-state index in [1.807, 2.05) is 19.1 Å². The standard InChI is InChI=1S/C25H32FN5O5/c1-15-24(35-15)29-10-19-13-31(25(34)36-19)18-7-8-20(21(26)9-18)17-5-3-16(4-6-17)12-30(14-22(27)32)23(33)11-28-2/h3,5,7-9,15,19,24,28-29H,4,6,10-14H2,1-2H3,(H2,27,32)/t15?,19-,24?/m0/s1. The first kappa shape index (κ1) is 25.8. The Morgan fingerprint density at radius 1 is 1.28 bits per heavy atom. The molecular formula is C25H32FN5O5. The number of hydrogen-bond acceptors (Lipinski definition) is 7. The maximum atomic E-state index is 15.1. The van der Waals surface area contributed by atoms with Crippen molar-refractivity contribution in [2.45, 2.75) is 38.2 Å². The van der Waals surface area contributed by atoms with E-state index in [9.17, 15) is 14.4 Å². The van der Waals surface area contributed by atoms with Gasteiger partial charge in [-0.15, -0.1) is 0 Å². The van der Waals surface area contributed by atoms with Crippen LogP contribution in [0, 0.1) is 5.82 Å². The number of ether oxygens (including phenoxy) is 2. The van der Waals surface area contributed by atoms with E-state index >= 15 is 4.39 Å². The molecule has 3 amide bonds. The fourth-order valence-electron chi connectivity index (χ4n) is 4.38. The minimum absolute atomic E-state index is 0.00660. The second kappa shape index (κ2) is 11.2. The Morgan fingerprint density at radius 2 is 2.06 bits per heavy atom. The van der Waals surface area contributed by atoms with E-state index in [0.29, 0.717) is 37.2 Å². The molecule has 4 rings (SSSR count). The zero-order chi connectivity index (χ0) is 25.8. The van der Waals surface area contributed by atoms with Crippen LogP contribution >= 0.6 is 0 Å². The SMILES string of the molecule is CNCC(=O)N(CC(N)=O)CC1=CC=C(c2ccc(N3C[C@H](CNC4OC4C)OC3=O)cc2F)CC1. The molecule has 0 aromatic heterocycles. The lowest BCUT2D eigenvalue weighted by Gasteiger charge is -2.24. The van der Waals surface area contributed by atoms with E-state index in [4.69, 9.17) is 15.2 Å². The number of nitrogens with two attached hydrogens (primary N) is 1. The van der Waals surface area contributed by atoms with Crippen LogP contribution in [0.4, 0.5) is 14.9 Å². The van der Waals surface area contributed by atoms with Crippen LogP contribution in [0.3, 0.4) is 0 Å². The summed E-state index contributed by atoms with van der Waals surface area (Å²) in [4.78, 5) is 38.8. The van der Waals surface area contributed by atoms with Crippen LogP contribution in [-0.2, 0) is 19.1 Å². The lowest BCUT2D eigenvalue weighted by atomic mass is 9.92. The summed E-state index contributed by atoms with van der Waals surface area (Å²) in [5.41, 5.74) is 7.95. The molecule has 11 heteroatoms. The number of cyclic esters (lactones) is 1. The number of primary amides is 1. The van der Waals surface area contributed by atoms with Gasteiger partial charge in [-0.2, -0.15) is 0 Å². The lowest BCUT2D eigenvalue weighted by Crippen LogP contribution is -2.43. The Bertz CT molecular complexity index is 1090. The first-order valence-electron chi connectivity index (χ1n) is 12.0. The van der Waals surface area contributed by atoms with Gasteiger partial charge < -0.3 is 25.4 Å². The molecule has 3 aliphatic rings. The third-order valence-electron chi connectivity index (χ3n) is 6.40. The van der Waals surface area contributed by atoms with Gasteiger partial charge >= 0.3 is 6.09 Å². The summed E-state index contributed by atoms with van der Waals surface area (Å²) in [5, 5.41) is 5.96. The van der Waals surface area contributed by atoms with Gasteiger partial charge in [0.05, 0.1) is 31.4 Å². The topological polar surface area (TPSA) is 130 Å². The Morgan fingerprint density at radius 3 is 2.67 bits per heavy atom. The lowest BCUT2D eigenvalue weighted by molar-refractivity contribution is -0.133. The second-order valence-corrected chi connectivity index (χ2v) is 9.21. The van der Waals surface area contributed by atoms with Crippen LogP contribution < -0.4 is 21.3 Å². The molecule has 0 spiro atoms. The predicted octanol–water partition coefficient (Wildman–Crippen LogP) is 1.12. The third kappa shape index (κ3) is 6.28. The number of rotatable bonds is 11. The number of anilines is 1. The van der Waals surface area contributed by atoms with Crippen LogP contribution in [0.2, 0.25) is 0 Å². The number of nitrogens with zero attached hydrogens (tertiary/aromatic N) is 2. The summed E-state index contributed by atoms with van der Waals surface area (Å²) in [6.07, 6.45) is 4.19. The van der Waals surface area contributed by atoms with Gasteiger partial charge in [0, 0.05) is 18.7 Å². The van der Waals surface area contributed by atoms with Gasteiger partial charge in [-0.1, -0.05) is 17.7 Å². The van der Waals surface area contributed by atoms with Crippen LogP contribution in [0.15, 0.2) is 35.9 Å². The number of halogens is 1. The predicted molar refractivity (Wildman–Crippen MR) is 131 cm³/mol. The molecule has 2 saturated heterocycles. The molecule has 2 aliphatic heterocycles. The molecule has 3 atom stereocenters. The number of hydrogen-bond donors (Lipinski definition) is 3. The number of benzene rings is 1. The molecule has 1 aliphatic carbocycles. The van der Waals surface area contributed by atoms with Crippen molar-refractivity contribution in [1.82, 2.24) is 15.5 Å². The Balaban J connectivity index is 1.39. The maximum Gasteiger partial charge on any atom is 0.414 e. The highest BCUT2D eigenvalue weighted by atomic mass is 19.1. The molecule has 194 valence electrons. The van der Waals surface area contributed by atoms with Gasteiger partial charge in [0.2, 0.25) is 11.8 Å². The number of likely N-dealkylation sites (N-methyl/N-ethyl adjacent to an activating group) is 1. The first-order valence-corrected chi connectivity index (χ1v) is 12.0. The zero-order valence-corrected chi connectivity index (χ0v) is 20.5. The summed E-state index contributed by atoms with van der Waals surface area (Å²) in [6.45, 7) is 2.99. The normalized spacial score (nSPS) is 23.1. The second-order valence-electron chi connectivity index (χ2n) is 9.21. The van der Waals surface area contributed by atoms with Crippen molar-refractivity contribution in [3.05, 3.63) is 47.3 Å². The molecule has 2 heterocycles. The smallest absolute Gasteiger partial charge is 0.414 e. The molecular weight excluding hydrogens is 469 g/mol. The minimum Gasteiger partial charge on any atom is -0.443 e. The highest BCUT2D eigenvalue weighted by Gasteiger charge is 2.37. The average Bonchev–Trinajstić information content (AvgIpc) is 3.42. The van der Waals surface area contributed by atoms with Crippen LogP contribution in [0.1, 0.15) is 25.3 Å². The monoisotopic (exact) mass is 501 g/mol. The molecule has 4 N–H and O–H groups in total. The molecule has 2 fully saturated rings. The maximum absolute atomic E-state index is 15.1. The van der Waals surface area contributed by atoms with Crippen LogP contribution in [0.25, 0.3) is 5.57 Å². The summed E-state index contributed by atoms with van der Waals surface area (Å²) in [5.74, 6) is -1.22. The molecule has 0 bridgehead atoms. The van der Waals surface area contributed by atoms with Crippen molar-refractivity contribution >= 4 is 29.2 Å². The summed E-state index contributed by atoms with van der Waals surface area (Å²) >= 11 is 0. The first-order chi connectivity index (χ1) is 17.2. The summed E-state index contributed by atoms with van der Waals surface area (Å²) < 4.78 is 25.8. The number of nitrogens with one attached hydrogen (secondary N) is 2. The summed E-state index contributed by atoms with van der Waals surface area (Å²) in [6, 6.07) is 4.74. The molecule has 36 heavy (non-hydrogen) atoms. The van der Waals surface area contributed by atoms with Gasteiger partial charge in [0.25, 0.3) is 0 Å². The number of amides is 3. The molecule has 0 saturated carbocycles. The Labute approximate surface area is 209 Å². The van der Waals surface area contributed by atoms with Crippen molar-refractivity contribution < 1.29 is 28.2 Å². The fraction of sp³-hybridized carbons (Fsp3) is 0.480. The van der Waals surface area contributed by atoms with E-state index in [2.05, 4.69) is 10.6 Å². The molecule has 0 radical (unpaired) electrons. The highest BCUT2D eigenvalue weighted by Crippen LogP contribution is 2.32. The number of epoxide rings is 1. The Kier molecular flexibility index (Phi) is 8.02. The van der Waals surface area contributed by atoms with E-state index in [0.717, 1.165) is 11.1 Å². The van der Waals surface area contributed by atoms with Crippen molar-refractivity contribution in [1.29, 1.82) is 0 Å². The number of allylic oxidation sites excluding steroid dienone is 3. The van der Waals surface area contributed by atoms with Gasteiger partial charge in [-0.25, -0.2) is 9.18 Å². The number of carbonyl (C=O) groups is 3. The zero-order valence-electron chi connectivity index (χ0n) is 20.5. The van der Waals surface area contributed by atoms with E-state index in [-0.39, 0.29) is 44.0 Å². The number of carbonyl (C=O) groups excluding carboxylic acids is 3. The molecule has 1 aromatic carbocycles. The van der Waals surface area contributed by atoms with Crippen molar-refractivity contribution in [3.63, 3.8) is 0 Å². The molecule has 10 nitrogen and oxygen atoms in total. The average molecular weight is 502 g/mol. The van der Waals surface area contributed by atoms with Gasteiger partial charge in [-0.05, 0) is 50.6 Å². The van der Waals surface area contributed by atoms with E-state index < -0.39 is 17.8 Å². The third-order valence-corrected chi connectivity index (χ3v) is 6.40. The fourth-order valence-corrected chi connectivity index (χ4v) is 4.38. The van der Waals surface area contributed by atoms with Crippen molar-refractivity contribution in [3.8, 4) is 0 Å². The van der Waals surface area contributed by atoms with Crippen molar-refractivity contribution in [2.75, 3.05) is 44.7 Å². The molecule has 1 aromatic rings. The largest absolute Gasteiger partial charge is 0.443 e. The summed E-state index contributed by atoms with van der Waals surface area (Å²) in [7, 11) is 1.65. The highest BCUT2D eigenvalue weighted by molar-refractivity contribution is 5.90. The molecule has 2 unspecified atom stereocenters. The minimum atomic E-state index is -0.578. The van der Waals surface area contributed by atoms with Gasteiger partial charge in [0.1, 0.15) is 18.1 Å². The van der Waals surface area contributed by atoms with Gasteiger partial charge in [0.15, 0.2) is 0 Å². The van der Waals surface area contributed by atoms with Crippen molar-refractivity contribution in [2.24, 2.45) is 5.73 Å². The van der Waals surface area contributed by atoms with Gasteiger partial charge in [-0.3, -0.25) is 19.8 Å². The van der Waals surface area contributed by atoms with Crippen LogP contribution in [-0.4, -0.2) is 81.0 Å². The Hall–Kier alpha value is -3.28. The van der Waals surface area contributed by atoms with E-state index in [1.165, 1.54) is 15.9 Å². The quantitative estimate of drug-likeness (QED) is 0.388. The van der Waals surface area contributed by atoms with Crippen LogP contribution in [0.5, 0.6) is 0 Å².